The summed E-state index contributed by atoms with van der Waals surface area (Å²) >= 11 is 3.31. The van der Waals surface area contributed by atoms with Gasteiger partial charge in [-0.05, 0) is 60.2 Å². The number of ether oxygens (including phenoxy) is 1. The van der Waals surface area contributed by atoms with Crippen LogP contribution in [0.5, 0.6) is 5.75 Å². The number of hydrogen-bond acceptors (Lipinski definition) is 5. The van der Waals surface area contributed by atoms with Gasteiger partial charge in [-0.25, -0.2) is 10.2 Å². The minimum absolute atomic E-state index is 0.364. The van der Waals surface area contributed by atoms with E-state index in [0.29, 0.717) is 22.6 Å². The average molecular weight is 466 g/mol. The highest BCUT2D eigenvalue weighted by Crippen LogP contribution is 2.16. The molecular weight excluding hydrogens is 450 g/mol. The van der Waals surface area contributed by atoms with E-state index in [1.807, 2.05) is 6.07 Å². The lowest BCUT2D eigenvalue weighted by Gasteiger charge is -2.05. The molecule has 3 aromatic rings. The van der Waals surface area contributed by atoms with Crippen LogP contribution in [0.2, 0.25) is 0 Å². The number of benzene rings is 3. The molecule has 150 valence electrons. The van der Waals surface area contributed by atoms with Gasteiger partial charge in [0.15, 0.2) is 0 Å². The zero-order valence-corrected chi connectivity index (χ0v) is 17.1. The minimum Gasteiger partial charge on any atom is -0.423 e. The molecule has 0 radical (unpaired) electrons. The van der Waals surface area contributed by atoms with Crippen molar-refractivity contribution in [3.05, 3.63) is 94.5 Å². The Morgan fingerprint density at radius 2 is 1.60 bits per heavy atom. The Morgan fingerprint density at radius 1 is 0.867 bits per heavy atom. The van der Waals surface area contributed by atoms with Crippen molar-refractivity contribution >= 4 is 45.6 Å². The predicted molar refractivity (Wildman–Crippen MR) is 116 cm³/mol. The number of rotatable bonds is 5. The van der Waals surface area contributed by atoms with Gasteiger partial charge in [-0.2, -0.15) is 5.10 Å². The number of carbonyl (C=O) groups is 3. The van der Waals surface area contributed by atoms with E-state index < -0.39 is 17.8 Å². The highest BCUT2D eigenvalue weighted by atomic mass is 79.9. The van der Waals surface area contributed by atoms with Crippen LogP contribution in [0.25, 0.3) is 0 Å². The van der Waals surface area contributed by atoms with Crippen LogP contribution in [0.3, 0.4) is 0 Å². The van der Waals surface area contributed by atoms with Gasteiger partial charge >= 0.3 is 17.8 Å². The van der Waals surface area contributed by atoms with E-state index in [9.17, 15) is 14.4 Å². The molecule has 0 aromatic heterocycles. The monoisotopic (exact) mass is 465 g/mol. The van der Waals surface area contributed by atoms with Gasteiger partial charge < -0.3 is 10.1 Å². The zero-order chi connectivity index (χ0) is 21.3. The fourth-order valence-electron chi connectivity index (χ4n) is 2.33. The van der Waals surface area contributed by atoms with Crippen molar-refractivity contribution in [2.45, 2.75) is 0 Å². The Balaban J connectivity index is 1.51. The topological polar surface area (TPSA) is 96.9 Å². The fourth-order valence-corrected chi connectivity index (χ4v) is 2.73. The van der Waals surface area contributed by atoms with Crippen LogP contribution in [0.1, 0.15) is 15.9 Å². The van der Waals surface area contributed by atoms with Crippen molar-refractivity contribution in [1.29, 1.82) is 0 Å². The van der Waals surface area contributed by atoms with E-state index >= 15 is 0 Å². The number of amides is 2. The third-order valence-corrected chi connectivity index (χ3v) is 4.26. The molecular formula is C22H16BrN3O4. The maximum atomic E-state index is 12.1. The fraction of sp³-hybridized carbons (Fsp3) is 0. The van der Waals surface area contributed by atoms with Crippen LogP contribution in [0, 0.1) is 0 Å². The largest absolute Gasteiger partial charge is 0.423 e. The molecule has 0 spiro atoms. The number of nitrogens with zero attached hydrogens (tertiary/aromatic N) is 1. The first kappa shape index (κ1) is 20.9. The van der Waals surface area contributed by atoms with Gasteiger partial charge in [-0.15, -0.1) is 0 Å². The molecule has 2 amide bonds. The van der Waals surface area contributed by atoms with E-state index in [1.54, 1.807) is 72.8 Å². The lowest BCUT2D eigenvalue weighted by Crippen LogP contribution is -2.32. The van der Waals surface area contributed by atoms with Gasteiger partial charge in [0.05, 0.1) is 11.8 Å². The normalized spacial score (nSPS) is 10.4. The second kappa shape index (κ2) is 10.1. The highest BCUT2D eigenvalue weighted by Gasteiger charge is 2.12. The molecule has 3 aromatic carbocycles. The van der Waals surface area contributed by atoms with Crippen molar-refractivity contribution in [2.24, 2.45) is 5.10 Å². The van der Waals surface area contributed by atoms with Crippen LogP contribution < -0.4 is 15.5 Å². The Bertz CT molecular complexity index is 1080. The van der Waals surface area contributed by atoms with Crippen LogP contribution >= 0.6 is 15.9 Å². The molecule has 2 N–H and O–H groups in total. The zero-order valence-electron chi connectivity index (χ0n) is 15.5. The average Bonchev–Trinajstić information content (AvgIpc) is 2.75. The summed E-state index contributed by atoms with van der Waals surface area (Å²) in [6.45, 7) is 0. The molecule has 7 nitrogen and oxygen atoms in total. The number of hydrogen-bond donors (Lipinski definition) is 2. The van der Waals surface area contributed by atoms with Crippen molar-refractivity contribution in [2.75, 3.05) is 5.32 Å². The molecule has 30 heavy (non-hydrogen) atoms. The van der Waals surface area contributed by atoms with Crippen LogP contribution in [0.4, 0.5) is 5.69 Å². The van der Waals surface area contributed by atoms with E-state index in [4.69, 9.17) is 4.74 Å². The van der Waals surface area contributed by atoms with Crippen molar-refractivity contribution in [1.82, 2.24) is 5.43 Å². The highest BCUT2D eigenvalue weighted by molar-refractivity contribution is 9.10. The molecule has 0 heterocycles. The van der Waals surface area contributed by atoms with E-state index in [2.05, 4.69) is 31.8 Å². The van der Waals surface area contributed by atoms with Gasteiger partial charge in [0.25, 0.3) is 0 Å². The van der Waals surface area contributed by atoms with Crippen LogP contribution in [-0.4, -0.2) is 24.0 Å². The maximum absolute atomic E-state index is 12.1. The molecule has 3 rings (SSSR count). The van der Waals surface area contributed by atoms with Gasteiger partial charge in [0.2, 0.25) is 0 Å². The standard InChI is InChI=1S/C22H16BrN3O4/c23-17-6-4-5-16(13-17)22(29)30-19-11-9-15(10-12-19)14-24-26-21(28)20(27)25-18-7-2-1-3-8-18/h1-14H,(H,25,27)(H,26,28)/b24-14-. The maximum Gasteiger partial charge on any atom is 0.343 e. The number of carbonyl (C=O) groups excluding carboxylic acids is 3. The molecule has 0 atom stereocenters. The van der Waals surface area contributed by atoms with Gasteiger partial charge in [0.1, 0.15) is 5.75 Å². The third kappa shape index (κ3) is 6.11. The summed E-state index contributed by atoms with van der Waals surface area (Å²) in [5.41, 5.74) is 3.72. The summed E-state index contributed by atoms with van der Waals surface area (Å²) in [7, 11) is 0. The molecule has 0 fully saturated rings. The molecule has 0 unspecified atom stereocenters. The summed E-state index contributed by atoms with van der Waals surface area (Å²) in [6, 6.07) is 22.0. The van der Waals surface area contributed by atoms with E-state index in [0.717, 1.165) is 4.47 Å². The number of hydrazone groups is 1. The number of nitrogens with one attached hydrogen (secondary N) is 2. The molecule has 0 saturated heterocycles. The van der Waals surface area contributed by atoms with Gasteiger partial charge in [-0.1, -0.05) is 40.2 Å². The first-order valence-corrected chi connectivity index (χ1v) is 9.58. The first-order valence-electron chi connectivity index (χ1n) is 8.78. The first-order chi connectivity index (χ1) is 14.5. The van der Waals surface area contributed by atoms with Gasteiger partial charge in [-0.3, -0.25) is 9.59 Å². The van der Waals surface area contributed by atoms with Crippen LogP contribution in [0.15, 0.2) is 88.4 Å². The lowest BCUT2D eigenvalue weighted by molar-refractivity contribution is -0.136. The third-order valence-electron chi connectivity index (χ3n) is 3.77. The molecule has 0 saturated carbocycles. The van der Waals surface area contributed by atoms with Crippen molar-refractivity contribution < 1.29 is 19.1 Å². The quantitative estimate of drug-likeness (QED) is 0.197. The van der Waals surface area contributed by atoms with Crippen molar-refractivity contribution in [3.8, 4) is 5.75 Å². The summed E-state index contributed by atoms with van der Waals surface area (Å²) in [5.74, 6) is -1.83. The summed E-state index contributed by atoms with van der Waals surface area (Å²) in [4.78, 5) is 35.7. The Labute approximate surface area is 180 Å². The van der Waals surface area contributed by atoms with Gasteiger partial charge in [0, 0.05) is 10.2 Å². The minimum atomic E-state index is -0.894. The molecule has 0 aliphatic rings. The number of para-hydroxylation sites is 1. The Hall–Kier alpha value is -3.78. The summed E-state index contributed by atoms with van der Waals surface area (Å²) in [6.07, 6.45) is 1.37. The Kier molecular flexibility index (Phi) is 7.07. The SMILES string of the molecule is O=C(N/N=C\c1ccc(OC(=O)c2cccc(Br)c2)cc1)C(=O)Nc1ccccc1. The Morgan fingerprint density at radius 3 is 2.30 bits per heavy atom. The molecule has 0 aliphatic heterocycles. The van der Waals surface area contributed by atoms with Crippen LogP contribution in [-0.2, 0) is 9.59 Å². The number of esters is 1. The summed E-state index contributed by atoms with van der Waals surface area (Å²) < 4.78 is 6.09. The molecule has 0 aliphatic carbocycles. The lowest BCUT2D eigenvalue weighted by atomic mass is 10.2. The van der Waals surface area contributed by atoms with Crippen molar-refractivity contribution in [3.63, 3.8) is 0 Å². The predicted octanol–water partition coefficient (Wildman–Crippen LogP) is 3.76. The number of halogens is 1. The smallest absolute Gasteiger partial charge is 0.343 e. The molecule has 8 heteroatoms. The molecule has 0 bridgehead atoms. The van der Waals surface area contributed by atoms with E-state index in [-0.39, 0.29) is 0 Å². The second-order valence-corrected chi connectivity index (χ2v) is 6.90. The van der Waals surface area contributed by atoms with E-state index in [1.165, 1.54) is 6.21 Å². The summed E-state index contributed by atoms with van der Waals surface area (Å²) in [5, 5.41) is 6.21. The number of anilines is 1. The second-order valence-electron chi connectivity index (χ2n) is 5.99.